The van der Waals surface area contributed by atoms with Gasteiger partial charge in [0.1, 0.15) is 6.04 Å². The number of nitrogens with zero attached hydrogens (tertiary/aromatic N) is 3. The summed E-state index contributed by atoms with van der Waals surface area (Å²) in [5.41, 5.74) is 0.585. The molecule has 0 saturated carbocycles. The third-order valence-corrected chi connectivity index (χ3v) is 5.43. The van der Waals surface area contributed by atoms with E-state index < -0.39 is 11.0 Å². The lowest BCUT2D eigenvalue weighted by Gasteiger charge is -2.27. The van der Waals surface area contributed by atoms with E-state index in [1.165, 1.54) is 12.1 Å². The van der Waals surface area contributed by atoms with E-state index in [0.29, 0.717) is 18.7 Å². The molecule has 156 valence electrons. The zero-order valence-electron chi connectivity index (χ0n) is 16.1. The number of nitro groups is 1. The average molecular weight is 420 g/mol. The number of hydrogen-bond donors (Lipinski definition) is 2. The molecule has 1 aromatic rings. The third kappa shape index (κ3) is 5.63. The van der Waals surface area contributed by atoms with Gasteiger partial charge >= 0.3 is 0 Å². The molecule has 3 rings (SSSR count). The molecule has 0 aromatic heterocycles. The van der Waals surface area contributed by atoms with E-state index in [4.69, 9.17) is 12.2 Å². The number of hydrogen-bond acceptors (Lipinski definition) is 5. The zero-order valence-corrected chi connectivity index (χ0v) is 17.0. The first-order valence-electron chi connectivity index (χ1n) is 9.82. The molecule has 2 fully saturated rings. The summed E-state index contributed by atoms with van der Waals surface area (Å²) in [6.07, 6.45) is 4.38. The number of benzene rings is 1. The molecule has 29 heavy (non-hydrogen) atoms. The molecule has 2 aliphatic heterocycles. The largest absolute Gasteiger partial charge is 0.351 e. The molecule has 2 N–H and O–H groups in total. The van der Waals surface area contributed by atoms with Gasteiger partial charge in [-0.25, -0.2) is 0 Å². The number of thiocarbonyl (C=S) groups is 1. The van der Waals surface area contributed by atoms with Gasteiger partial charge in [-0.3, -0.25) is 19.7 Å². The van der Waals surface area contributed by atoms with Gasteiger partial charge in [0.15, 0.2) is 5.11 Å². The normalized spacial score (nSPS) is 19.6. The summed E-state index contributed by atoms with van der Waals surface area (Å²) in [7, 11) is 0. The number of rotatable bonds is 5. The van der Waals surface area contributed by atoms with E-state index in [1.807, 2.05) is 4.90 Å². The summed E-state index contributed by atoms with van der Waals surface area (Å²) in [6, 6.07) is 5.38. The number of non-ortho nitro benzene ring substituents is 1. The lowest BCUT2D eigenvalue weighted by molar-refractivity contribution is -0.384. The van der Waals surface area contributed by atoms with Gasteiger partial charge < -0.3 is 20.4 Å². The molecule has 1 aromatic carbocycles. The Balaban J connectivity index is 1.56. The van der Waals surface area contributed by atoms with Crippen LogP contribution < -0.4 is 10.6 Å². The quantitative estimate of drug-likeness (QED) is 0.426. The van der Waals surface area contributed by atoms with Crippen LogP contribution >= 0.6 is 12.2 Å². The van der Waals surface area contributed by atoms with Gasteiger partial charge in [0.25, 0.3) is 5.69 Å². The van der Waals surface area contributed by atoms with Crippen molar-refractivity contribution in [2.45, 2.75) is 38.1 Å². The van der Waals surface area contributed by atoms with Crippen LogP contribution in [0.3, 0.4) is 0 Å². The number of amides is 2. The average Bonchev–Trinajstić information content (AvgIpc) is 3.18. The SMILES string of the molecule is O=C(CN1CCCCC(NC(=S)Nc2ccc([N+](=O)[O-])cc2)C1=O)N1CCCC1. The molecule has 9 nitrogen and oxygen atoms in total. The minimum Gasteiger partial charge on any atom is -0.351 e. The van der Waals surface area contributed by atoms with Crippen molar-refractivity contribution in [2.75, 3.05) is 31.5 Å². The van der Waals surface area contributed by atoms with Crippen molar-refractivity contribution in [3.63, 3.8) is 0 Å². The van der Waals surface area contributed by atoms with E-state index in [2.05, 4.69) is 10.6 Å². The summed E-state index contributed by atoms with van der Waals surface area (Å²) in [5, 5.41) is 17.0. The first-order valence-corrected chi connectivity index (χ1v) is 10.2. The maximum Gasteiger partial charge on any atom is 0.269 e. The fourth-order valence-electron chi connectivity index (χ4n) is 3.62. The molecule has 2 amide bonds. The Bertz CT molecular complexity index is 779. The monoisotopic (exact) mass is 419 g/mol. The van der Waals surface area contributed by atoms with Crippen molar-refractivity contribution in [3.05, 3.63) is 34.4 Å². The zero-order chi connectivity index (χ0) is 20.8. The molecular weight excluding hydrogens is 394 g/mol. The molecule has 1 unspecified atom stereocenters. The van der Waals surface area contributed by atoms with Crippen LogP contribution in [0.2, 0.25) is 0 Å². The first kappa shape index (κ1) is 21.0. The van der Waals surface area contributed by atoms with Crippen LogP contribution in [0, 0.1) is 10.1 Å². The van der Waals surface area contributed by atoms with Gasteiger partial charge in [-0.05, 0) is 56.5 Å². The molecule has 0 bridgehead atoms. The Hall–Kier alpha value is -2.75. The van der Waals surface area contributed by atoms with Crippen LogP contribution in [0.5, 0.6) is 0 Å². The number of nitro benzene ring substituents is 1. The van der Waals surface area contributed by atoms with Gasteiger partial charge in [-0.15, -0.1) is 0 Å². The Kier molecular flexibility index (Phi) is 6.97. The second-order valence-electron chi connectivity index (χ2n) is 7.30. The topological polar surface area (TPSA) is 108 Å². The summed E-state index contributed by atoms with van der Waals surface area (Å²) in [6.45, 7) is 2.22. The predicted octanol–water partition coefficient (Wildman–Crippen LogP) is 1.88. The number of carbonyl (C=O) groups is 2. The molecule has 2 aliphatic rings. The van der Waals surface area contributed by atoms with Crippen molar-refractivity contribution in [3.8, 4) is 0 Å². The lowest BCUT2D eigenvalue weighted by Crippen LogP contribution is -2.51. The van der Waals surface area contributed by atoms with Gasteiger partial charge in [0, 0.05) is 37.5 Å². The van der Waals surface area contributed by atoms with E-state index in [0.717, 1.165) is 38.8 Å². The maximum atomic E-state index is 12.9. The highest BCUT2D eigenvalue weighted by atomic mass is 32.1. The molecule has 10 heteroatoms. The van der Waals surface area contributed by atoms with E-state index in [1.54, 1.807) is 17.0 Å². The molecular formula is C19H25N5O4S. The highest BCUT2D eigenvalue weighted by molar-refractivity contribution is 7.80. The molecule has 0 radical (unpaired) electrons. The van der Waals surface area contributed by atoms with Gasteiger partial charge in [0.2, 0.25) is 11.8 Å². The van der Waals surface area contributed by atoms with Crippen molar-refractivity contribution in [1.29, 1.82) is 0 Å². The standard InChI is InChI=1S/C19H25N5O4S/c25-17(22-10-3-4-11-22)13-23-12-2-1-5-16(18(23)26)21-19(29)20-14-6-8-15(9-7-14)24(27)28/h6-9,16H,1-5,10-13H2,(H2,20,21,29). The second kappa shape index (κ2) is 9.64. The van der Waals surface area contributed by atoms with Gasteiger partial charge in [-0.2, -0.15) is 0 Å². The third-order valence-electron chi connectivity index (χ3n) is 5.21. The molecule has 2 saturated heterocycles. The van der Waals surface area contributed by atoms with Gasteiger partial charge in [-0.1, -0.05) is 0 Å². The fraction of sp³-hybridized carbons (Fsp3) is 0.526. The van der Waals surface area contributed by atoms with Crippen LogP contribution in [0.25, 0.3) is 0 Å². The Morgan fingerprint density at radius 3 is 2.45 bits per heavy atom. The van der Waals surface area contributed by atoms with Crippen molar-refractivity contribution >= 4 is 40.5 Å². The highest BCUT2D eigenvalue weighted by Crippen LogP contribution is 2.17. The summed E-state index contributed by atoms with van der Waals surface area (Å²) < 4.78 is 0. The number of nitrogens with one attached hydrogen (secondary N) is 2. The lowest BCUT2D eigenvalue weighted by atomic mass is 10.1. The molecule has 0 spiro atoms. The minimum absolute atomic E-state index is 0.00285. The molecule has 1 atom stereocenters. The summed E-state index contributed by atoms with van der Waals surface area (Å²) in [5.74, 6) is -0.119. The summed E-state index contributed by atoms with van der Waals surface area (Å²) >= 11 is 5.31. The van der Waals surface area contributed by atoms with Crippen molar-refractivity contribution < 1.29 is 14.5 Å². The van der Waals surface area contributed by atoms with E-state index >= 15 is 0 Å². The predicted molar refractivity (Wildman–Crippen MR) is 112 cm³/mol. The minimum atomic E-state index is -0.498. The number of likely N-dealkylation sites (tertiary alicyclic amines) is 2. The first-order chi connectivity index (χ1) is 13.9. The van der Waals surface area contributed by atoms with E-state index in [9.17, 15) is 19.7 Å². The van der Waals surface area contributed by atoms with Crippen LogP contribution in [0.4, 0.5) is 11.4 Å². The van der Waals surface area contributed by atoms with Gasteiger partial charge in [0.05, 0.1) is 11.5 Å². The van der Waals surface area contributed by atoms with E-state index in [-0.39, 0.29) is 29.2 Å². The summed E-state index contributed by atoms with van der Waals surface area (Å²) in [4.78, 5) is 39.1. The Morgan fingerprint density at radius 2 is 1.79 bits per heavy atom. The molecule has 2 heterocycles. The number of anilines is 1. The van der Waals surface area contributed by atoms with Crippen LogP contribution in [0.15, 0.2) is 24.3 Å². The molecule has 0 aliphatic carbocycles. The number of carbonyl (C=O) groups excluding carboxylic acids is 2. The van der Waals surface area contributed by atoms with Crippen molar-refractivity contribution in [1.82, 2.24) is 15.1 Å². The second-order valence-corrected chi connectivity index (χ2v) is 7.71. The fourth-order valence-corrected chi connectivity index (χ4v) is 3.88. The van der Waals surface area contributed by atoms with Crippen LogP contribution in [-0.2, 0) is 9.59 Å². The maximum absolute atomic E-state index is 12.9. The van der Waals surface area contributed by atoms with Crippen molar-refractivity contribution in [2.24, 2.45) is 0 Å². The smallest absolute Gasteiger partial charge is 0.269 e. The Labute approximate surface area is 174 Å². The highest BCUT2D eigenvalue weighted by Gasteiger charge is 2.30. The van der Waals surface area contributed by atoms with Crippen LogP contribution in [-0.4, -0.2) is 63.9 Å². The Morgan fingerprint density at radius 1 is 1.14 bits per heavy atom. The van der Waals surface area contributed by atoms with Crippen LogP contribution in [0.1, 0.15) is 32.1 Å².